The predicted octanol–water partition coefficient (Wildman–Crippen LogP) is 3.71. The molecule has 0 aliphatic rings. The third kappa shape index (κ3) is 4.88. The van der Waals surface area contributed by atoms with E-state index >= 15 is 0 Å². The fourth-order valence-electron chi connectivity index (χ4n) is 1.88. The van der Waals surface area contributed by atoms with Crippen LogP contribution in [0.5, 0.6) is 0 Å². The van der Waals surface area contributed by atoms with Crippen molar-refractivity contribution in [2.75, 3.05) is 6.61 Å². The van der Waals surface area contributed by atoms with Crippen LogP contribution >= 0.6 is 0 Å². The molecule has 2 unspecified atom stereocenters. The Labute approximate surface area is 105 Å². The number of hydrogen-bond acceptors (Lipinski definition) is 2. The Bertz CT molecular complexity index is 284. The van der Waals surface area contributed by atoms with Crippen molar-refractivity contribution in [3.8, 4) is 0 Å². The minimum atomic E-state index is -0.511. The second-order valence-electron chi connectivity index (χ2n) is 4.38. The van der Waals surface area contributed by atoms with Gasteiger partial charge in [0, 0.05) is 6.61 Å². The molecular formula is C15H24O2. The van der Waals surface area contributed by atoms with Gasteiger partial charge < -0.3 is 9.84 Å². The molecule has 0 bridgehead atoms. The highest BCUT2D eigenvalue weighted by molar-refractivity contribution is 5.18. The standard InChI is InChI=1S/C15H24O2/c1-3-5-9-12-17-14(4-2)15(16)13-10-7-6-8-11-13/h6-8,10-11,14-16H,3-5,9,12H2,1-2H3. The van der Waals surface area contributed by atoms with E-state index in [2.05, 4.69) is 13.8 Å². The number of aliphatic hydroxyl groups excluding tert-OH is 1. The van der Waals surface area contributed by atoms with Crippen molar-refractivity contribution >= 4 is 0 Å². The zero-order valence-corrected chi connectivity index (χ0v) is 10.9. The Morgan fingerprint density at radius 2 is 1.82 bits per heavy atom. The van der Waals surface area contributed by atoms with E-state index in [0.29, 0.717) is 0 Å². The Morgan fingerprint density at radius 1 is 1.12 bits per heavy atom. The van der Waals surface area contributed by atoms with Gasteiger partial charge in [0.2, 0.25) is 0 Å². The molecule has 0 saturated heterocycles. The Balaban J connectivity index is 2.44. The second kappa shape index (κ2) is 8.26. The van der Waals surface area contributed by atoms with Crippen LogP contribution in [0.25, 0.3) is 0 Å². The molecule has 0 spiro atoms. The largest absolute Gasteiger partial charge is 0.386 e. The van der Waals surface area contributed by atoms with Gasteiger partial charge in [0.15, 0.2) is 0 Å². The van der Waals surface area contributed by atoms with Gasteiger partial charge in [-0.15, -0.1) is 0 Å². The summed E-state index contributed by atoms with van der Waals surface area (Å²) in [7, 11) is 0. The summed E-state index contributed by atoms with van der Waals surface area (Å²) in [5.41, 5.74) is 0.940. The van der Waals surface area contributed by atoms with Crippen LogP contribution in [0.15, 0.2) is 30.3 Å². The van der Waals surface area contributed by atoms with Crippen LogP contribution in [0.4, 0.5) is 0 Å². The summed E-state index contributed by atoms with van der Waals surface area (Å²) in [6, 6.07) is 9.75. The van der Waals surface area contributed by atoms with Crippen molar-refractivity contribution in [1.29, 1.82) is 0 Å². The fourth-order valence-corrected chi connectivity index (χ4v) is 1.88. The quantitative estimate of drug-likeness (QED) is 0.697. The van der Waals surface area contributed by atoms with Crippen molar-refractivity contribution in [3.05, 3.63) is 35.9 Å². The van der Waals surface area contributed by atoms with E-state index < -0.39 is 6.10 Å². The minimum absolute atomic E-state index is 0.0887. The number of ether oxygens (including phenoxy) is 1. The molecule has 0 radical (unpaired) electrons. The maximum Gasteiger partial charge on any atom is 0.105 e. The van der Waals surface area contributed by atoms with Crippen molar-refractivity contribution in [2.24, 2.45) is 0 Å². The van der Waals surface area contributed by atoms with E-state index in [1.807, 2.05) is 30.3 Å². The third-order valence-corrected chi connectivity index (χ3v) is 2.98. The summed E-state index contributed by atoms with van der Waals surface area (Å²) >= 11 is 0. The average molecular weight is 236 g/mol. The van der Waals surface area contributed by atoms with Crippen molar-refractivity contribution < 1.29 is 9.84 Å². The summed E-state index contributed by atoms with van der Waals surface area (Å²) in [4.78, 5) is 0. The second-order valence-corrected chi connectivity index (χ2v) is 4.38. The molecule has 0 aliphatic carbocycles. The SMILES string of the molecule is CCCCCOC(CC)C(O)c1ccccc1. The molecule has 2 nitrogen and oxygen atoms in total. The lowest BCUT2D eigenvalue weighted by molar-refractivity contribution is -0.0415. The summed E-state index contributed by atoms with van der Waals surface area (Å²) < 4.78 is 5.76. The highest BCUT2D eigenvalue weighted by Gasteiger charge is 2.19. The zero-order chi connectivity index (χ0) is 12.5. The molecule has 0 fully saturated rings. The maximum absolute atomic E-state index is 10.2. The monoisotopic (exact) mass is 236 g/mol. The average Bonchev–Trinajstić information content (AvgIpc) is 2.39. The lowest BCUT2D eigenvalue weighted by Gasteiger charge is -2.22. The van der Waals surface area contributed by atoms with Crippen LogP contribution in [-0.2, 0) is 4.74 Å². The van der Waals surface area contributed by atoms with Gasteiger partial charge in [0.25, 0.3) is 0 Å². The van der Waals surface area contributed by atoms with E-state index in [-0.39, 0.29) is 6.10 Å². The van der Waals surface area contributed by atoms with E-state index in [9.17, 15) is 5.11 Å². The molecule has 0 heterocycles. The lowest BCUT2D eigenvalue weighted by Crippen LogP contribution is -2.22. The summed E-state index contributed by atoms with van der Waals surface area (Å²) in [6.07, 6.45) is 3.70. The minimum Gasteiger partial charge on any atom is -0.386 e. The lowest BCUT2D eigenvalue weighted by atomic mass is 10.0. The molecule has 96 valence electrons. The van der Waals surface area contributed by atoms with Crippen LogP contribution in [0.3, 0.4) is 0 Å². The highest BCUT2D eigenvalue weighted by atomic mass is 16.5. The molecule has 2 heteroatoms. The molecular weight excluding hydrogens is 212 g/mol. The van der Waals surface area contributed by atoms with Gasteiger partial charge in [-0.1, -0.05) is 57.0 Å². The number of aliphatic hydroxyl groups is 1. The van der Waals surface area contributed by atoms with Gasteiger partial charge in [0.1, 0.15) is 6.10 Å². The molecule has 2 atom stereocenters. The van der Waals surface area contributed by atoms with Gasteiger partial charge in [-0.2, -0.15) is 0 Å². The Kier molecular flexibility index (Phi) is 6.90. The Hall–Kier alpha value is -0.860. The van der Waals surface area contributed by atoms with Crippen LogP contribution in [0.2, 0.25) is 0 Å². The number of rotatable bonds is 8. The number of benzene rings is 1. The van der Waals surface area contributed by atoms with Gasteiger partial charge in [-0.3, -0.25) is 0 Å². The molecule has 0 aromatic heterocycles. The molecule has 17 heavy (non-hydrogen) atoms. The van der Waals surface area contributed by atoms with Gasteiger partial charge >= 0.3 is 0 Å². The summed E-state index contributed by atoms with van der Waals surface area (Å²) in [6.45, 7) is 4.98. The molecule has 1 aromatic carbocycles. The van der Waals surface area contributed by atoms with Gasteiger partial charge in [-0.05, 0) is 18.4 Å². The van der Waals surface area contributed by atoms with Crippen LogP contribution in [0, 0.1) is 0 Å². The first-order valence-corrected chi connectivity index (χ1v) is 6.64. The van der Waals surface area contributed by atoms with Crippen molar-refractivity contribution in [3.63, 3.8) is 0 Å². The molecule has 1 aromatic rings. The van der Waals surface area contributed by atoms with E-state index in [1.54, 1.807) is 0 Å². The van der Waals surface area contributed by atoms with E-state index in [1.165, 1.54) is 12.8 Å². The third-order valence-electron chi connectivity index (χ3n) is 2.98. The first-order chi connectivity index (χ1) is 8.29. The maximum atomic E-state index is 10.2. The fraction of sp³-hybridized carbons (Fsp3) is 0.600. The molecule has 1 rings (SSSR count). The number of hydrogen-bond donors (Lipinski definition) is 1. The first kappa shape index (κ1) is 14.2. The molecule has 0 amide bonds. The van der Waals surface area contributed by atoms with Gasteiger partial charge in [-0.25, -0.2) is 0 Å². The van der Waals surface area contributed by atoms with Crippen LogP contribution < -0.4 is 0 Å². The van der Waals surface area contributed by atoms with Crippen molar-refractivity contribution in [2.45, 2.75) is 51.7 Å². The summed E-state index contributed by atoms with van der Waals surface area (Å²) in [5.74, 6) is 0. The van der Waals surface area contributed by atoms with Crippen LogP contribution in [-0.4, -0.2) is 17.8 Å². The molecule has 1 N–H and O–H groups in total. The topological polar surface area (TPSA) is 29.5 Å². The predicted molar refractivity (Wildman–Crippen MR) is 71.0 cm³/mol. The smallest absolute Gasteiger partial charge is 0.105 e. The normalized spacial score (nSPS) is 14.5. The number of unbranched alkanes of at least 4 members (excludes halogenated alkanes) is 2. The molecule has 0 saturated carbocycles. The van der Waals surface area contributed by atoms with Crippen molar-refractivity contribution in [1.82, 2.24) is 0 Å². The summed E-state index contributed by atoms with van der Waals surface area (Å²) in [5, 5.41) is 10.2. The Morgan fingerprint density at radius 3 is 2.41 bits per heavy atom. The van der Waals surface area contributed by atoms with E-state index in [4.69, 9.17) is 4.74 Å². The van der Waals surface area contributed by atoms with Gasteiger partial charge in [0.05, 0.1) is 6.10 Å². The zero-order valence-electron chi connectivity index (χ0n) is 10.9. The molecule has 0 aliphatic heterocycles. The first-order valence-electron chi connectivity index (χ1n) is 6.64. The van der Waals surface area contributed by atoms with E-state index in [0.717, 1.165) is 25.0 Å². The van der Waals surface area contributed by atoms with Crippen LogP contribution in [0.1, 0.15) is 51.2 Å². The highest BCUT2D eigenvalue weighted by Crippen LogP contribution is 2.21.